The van der Waals surface area contributed by atoms with Crippen molar-refractivity contribution in [1.29, 1.82) is 0 Å². The van der Waals surface area contributed by atoms with Gasteiger partial charge in [0.25, 0.3) is 10.0 Å². The molecule has 1 fully saturated rings. The molecule has 6 nitrogen and oxygen atoms in total. The number of hydrogen-bond acceptors (Lipinski definition) is 6. The number of benzene rings is 2. The molecule has 2 aromatic carbocycles. The van der Waals surface area contributed by atoms with Crippen LogP contribution >= 0.6 is 62.5 Å². The van der Waals surface area contributed by atoms with Gasteiger partial charge in [-0.2, -0.15) is 0 Å². The van der Waals surface area contributed by atoms with Crippen LogP contribution in [0.1, 0.15) is 13.3 Å². The van der Waals surface area contributed by atoms with E-state index in [2.05, 4.69) is 31.0 Å². The van der Waals surface area contributed by atoms with E-state index in [0.717, 1.165) is 13.0 Å². The standard InChI is InChI=1S/C22H19BrCl3N3O3S2/c1-22(7-8-27-12-22)32-18-9-13(5-6-16(18)24)29-34(30,31)14-10-15(23)21(28-11-14)33-19-4-2-3-17(25)20(19)26/h2-6,9-11,27,29H,7-8,12H2,1H3/t22-/m1/s1. The Balaban J connectivity index is 1.54. The van der Waals surface area contributed by atoms with Crippen molar-refractivity contribution < 1.29 is 13.2 Å². The Morgan fingerprint density at radius 1 is 1.18 bits per heavy atom. The van der Waals surface area contributed by atoms with Crippen molar-refractivity contribution in [3.63, 3.8) is 0 Å². The molecule has 2 N–H and O–H groups in total. The third-order valence-corrected chi connectivity index (χ3v) is 9.62. The fraction of sp³-hybridized carbons (Fsp3) is 0.227. The minimum absolute atomic E-state index is 0.00899. The average molecular weight is 624 g/mol. The number of sulfonamides is 1. The summed E-state index contributed by atoms with van der Waals surface area (Å²) in [6, 6.07) is 11.5. The molecule has 0 bridgehead atoms. The van der Waals surface area contributed by atoms with E-state index < -0.39 is 15.6 Å². The topological polar surface area (TPSA) is 80.3 Å². The number of nitrogens with zero attached hydrogens (tertiary/aromatic N) is 1. The largest absolute Gasteiger partial charge is 0.485 e. The molecule has 0 unspecified atom stereocenters. The molecule has 3 aromatic rings. The van der Waals surface area contributed by atoms with Crippen LogP contribution in [0.25, 0.3) is 0 Å². The number of hydrogen-bond donors (Lipinski definition) is 2. The van der Waals surface area contributed by atoms with Crippen LogP contribution in [0.5, 0.6) is 5.75 Å². The lowest BCUT2D eigenvalue weighted by Crippen LogP contribution is -2.34. The second-order valence-corrected chi connectivity index (χ2v) is 12.6. The highest BCUT2D eigenvalue weighted by Crippen LogP contribution is 2.39. The zero-order chi connectivity index (χ0) is 24.5. The first-order valence-electron chi connectivity index (χ1n) is 10.1. The molecule has 0 spiro atoms. The summed E-state index contributed by atoms with van der Waals surface area (Å²) < 4.78 is 35.2. The highest BCUT2D eigenvalue weighted by Gasteiger charge is 2.31. The summed E-state index contributed by atoms with van der Waals surface area (Å²) in [5.41, 5.74) is -0.0794. The van der Waals surface area contributed by atoms with Crippen LogP contribution in [-0.2, 0) is 10.0 Å². The van der Waals surface area contributed by atoms with E-state index in [9.17, 15) is 8.42 Å². The molecule has 34 heavy (non-hydrogen) atoms. The van der Waals surface area contributed by atoms with E-state index in [1.54, 1.807) is 30.3 Å². The van der Waals surface area contributed by atoms with Crippen molar-refractivity contribution in [2.24, 2.45) is 0 Å². The predicted molar refractivity (Wildman–Crippen MR) is 141 cm³/mol. The molecular weight excluding hydrogens is 605 g/mol. The van der Waals surface area contributed by atoms with Crippen LogP contribution < -0.4 is 14.8 Å². The van der Waals surface area contributed by atoms with Gasteiger partial charge in [0.2, 0.25) is 0 Å². The first-order chi connectivity index (χ1) is 16.1. The second-order valence-electron chi connectivity index (χ2n) is 7.84. The fourth-order valence-electron chi connectivity index (χ4n) is 3.30. The Morgan fingerprint density at radius 2 is 1.97 bits per heavy atom. The number of ether oxygens (including phenoxy) is 1. The Bertz CT molecular complexity index is 1340. The maximum Gasteiger partial charge on any atom is 0.263 e. The maximum atomic E-state index is 13.0. The minimum atomic E-state index is -3.92. The predicted octanol–water partition coefficient (Wildman–Crippen LogP) is 6.89. The van der Waals surface area contributed by atoms with Gasteiger partial charge in [0.1, 0.15) is 21.3 Å². The monoisotopic (exact) mass is 621 g/mol. The lowest BCUT2D eigenvalue weighted by Gasteiger charge is -2.25. The number of halogens is 4. The van der Waals surface area contributed by atoms with E-state index in [1.807, 2.05) is 13.0 Å². The molecule has 0 amide bonds. The summed E-state index contributed by atoms with van der Waals surface area (Å²) in [6.45, 7) is 3.52. The Kier molecular flexibility index (Phi) is 7.93. The molecule has 180 valence electrons. The fourth-order valence-corrected chi connectivity index (χ4v) is 6.51. The van der Waals surface area contributed by atoms with Crippen molar-refractivity contribution >= 4 is 78.2 Å². The van der Waals surface area contributed by atoms with Crippen LogP contribution in [0.3, 0.4) is 0 Å². The molecule has 1 saturated heterocycles. The molecule has 1 atom stereocenters. The Labute approximate surface area is 225 Å². The number of anilines is 1. The SMILES string of the molecule is C[C@@]1(Oc2cc(NS(=O)(=O)c3cnc(Sc4cccc(Cl)c4Cl)c(Br)c3)ccc2Cl)CCNC1. The smallest absolute Gasteiger partial charge is 0.263 e. The van der Waals surface area contributed by atoms with Gasteiger partial charge in [-0.25, -0.2) is 13.4 Å². The summed E-state index contributed by atoms with van der Waals surface area (Å²) >= 11 is 23.3. The summed E-state index contributed by atoms with van der Waals surface area (Å²) in [4.78, 5) is 5.00. The van der Waals surface area contributed by atoms with Gasteiger partial charge in [0, 0.05) is 30.1 Å². The van der Waals surface area contributed by atoms with Gasteiger partial charge in [-0.05, 0) is 59.7 Å². The molecule has 2 heterocycles. The summed E-state index contributed by atoms with van der Waals surface area (Å²) in [6.07, 6.45) is 2.11. The molecule has 0 aliphatic carbocycles. The van der Waals surface area contributed by atoms with E-state index in [4.69, 9.17) is 39.5 Å². The van der Waals surface area contributed by atoms with Gasteiger partial charge in [-0.3, -0.25) is 4.72 Å². The number of aromatic nitrogens is 1. The molecule has 0 saturated carbocycles. The van der Waals surface area contributed by atoms with Gasteiger partial charge in [-0.1, -0.05) is 52.6 Å². The zero-order valence-electron chi connectivity index (χ0n) is 17.7. The number of rotatable bonds is 7. The van der Waals surface area contributed by atoms with Crippen LogP contribution in [0.2, 0.25) is 15.1 Å². The third kappa shape index (κ3) is 5.95. The van der Waals surface area contributed by atoms with Gasteiger partial charge in [0.15, 0.2) is 0 Å². The summed E-state index contributed by atoms with van der Waals surface area (Å²) in [7, 11) is -3.92. The van der Waals surface area contributed by atoms with Crippen molar-refractivity contribution in [2.45, 2.75) is 33.8 Å². The highest BCUT2D eigenvalue weighted by atomic mass is 79.9. The molecule has 1 aliphatic heterocycles. The first-order valence-corrected chi connectivity index (χ1v) is 14.3. The second kappa shape index (κ2) is 10.4. The Morgan fingerprint density at radius 3 is 2.68 bits per heavy atom. The normalized spacial score (nSPS) is 18.1. The quantitative estimate of drug-likeness (QED) is 0.299. The van der Waals surface area contributed by atoms with Crippen molar-refractivity contribution in [3.8, 4) is 5.75 Å². The lowest BCUT2D eigenvalue weighted by atomic mass is 10.1. The minimum Gasteiger partial charge on any atom is -0.485 e. The molecule has 4 rings (SSSR count). The average Bonchev–Trinajstić information content (AvgIpc) is 3.21. The van der Waals surface area contributed by atoms with E-state index in [-0.39, 0.29) is 4.90 Å². The van der Waals surface area contributed by atoms with E-state index in [1.165, 1.54) is 24.0 Å². The number of nitrogens with one attached hydrogen (secondary N) is 2. The van der Waals surface area contributed by atoms with Gasteiger partial charge < -0.3 is 10.1 Å². The van der Waals surface area contributed by atoms with Crippen LogP contribution in [-0.4, -0.2) is 32.1 Å². The lowest BCUT2D eigenvalue weighted by molar-refractivity contribution is 0.111. The van der Waals surface area contributed by atoms with E-state index >= 15 is 0 Å². The van der Waals surface area contributed by atoms with Gasteiger partial charge >= 0.3 is 0 Å². The van der Waals surface area contributed by atoms with Crippen molar-refractivity contribution in [3.05, 3.63) is 68.2 Å². The number of pyridine rings is 1. The summed E-state index contributed by atoms with van der Waals surface area (Å²) in [5, 5.41) is 5.03. The third-order valence-electron chi connectivity index (χ3n) is 5.08. The maximum absolute atomic E-state index is 13.0. The molecule has 1 aromatic heterocycles. The van der Waals surface area contributed by atoms with E-state index in [0.29, 0.717) is 47.4 Å². The van der Waals surface area contributed by atoms with Crippen molar-refractivity contribution in [2.75, 3.05) is 17.8 Å². The van der Waals surface area contributed by atoms with Gasteiger partial charge in [-0.15, -0.1) is 0 Å². The van der Waals surface area contributed by atoms with Gasteiger partial charge in [0.05, 0.1) is 25.2 Å². The molecule has 1 aliphatic rings. The molecule has 0 radical (unpaired) electrons. The van der Waals surface area contributed by atoms with Crippen molar-refractivity contribution in [1.82, 2.24) is 10.3 Å². The molecule has 12 heteroatoms. The van der Waals surface area contributed by atoms with Crippen LogP contribution in [0.15, 0.2) is 68.0 Å². The molecular formula is C22H19BrCl3N3O3S2. The van der Waals surface area contributed by atoms with Crippen LogP contribution in [0.4, 0.5) is 5.69 Å². The zero-order valence-corrected chi connectivity index (χ0v) is 23.2. The van der Waals surface area contributed by atoms with Crippen LogP contribution in [0, 0.1) is 0 Å². The summed E-state index contributed by atoms with van der Waals surface area (Å²) in [5.74, 6) is 0.414. The first kappa shape index (κ1) is 25.9. The Hall–Kier alpha value is -1.20. The highest BCUT2D eigenvalue weighted by molar-refractivity contribution is 9.10.